The lowest BCUT2D eigenvalue weighted by Crippen LogP contribution is -2.48. The number of hydrogen-bond donors (Lipinski definition) is 0. The maximum absolute atomic E-state index is 2.81. The molecular formula is C43H40N2. The van der Waals surface area contributed by atoms with Crippen LogP contribution in [0.15, 0.2) is 133 Å². The van der Waals surface area contributed by atoms with E-state index in [-0.39, 0.29) is 5.41 Å². The van der Waals surface area contributed by atoms with Gasteiger partial charge in [0.25, 0.3) is 0 Å². The second-order valence-corrected chi connectivity index (χ2v) is 13.8. The molecule has 0 saturated carbocycles. The summed E-state index contributed by atoms with van der Waals surface area (Å²) in [5, 5.41) is 4.29. The molecule has 0 spiro atoms. The zero-order valence-electron chi connectivity index (χ0n) is 26.0. The normalized spacial score (nSPS) is 26.8. The molecule has 5 aromatic rings. The summed E-state index contributed by atoms with van der Waals surface area (Å²) >= 11 is 0. The fraction of sp³-hybridized carbons (Fsp3) is 0.256. The highest BCUT2D eigenvalue weighted by molar-refractivity contribution is 5.95. The van der Waals surface area contributed by atoms with E-state index in [4.69, 9.17) is 0 Å². The summed E-state index contributed by atoms with van der Waals surface area (Å²) < 4.78 is 2.67. The molecule has 5 atom stereocenters. The molecule has 1 aliphatic heterocycles. The first-order valence-corrected chi connectivity index (χ1v) is 16.9. The highest BCUT2D eigenvalue weighted by Gasteiger charge is 2.42. The van der Waals surface area contributed by atoms with Crippen molar-refractivity contribution in [2.24, 2.45) is 0 Å². The van der Waals surface area contributed by atoms with E-state index in [1.807, 2.05) is 0 Å². The molecule has 1 aromatic heterocycles. The Kier molecular flexibility index (Phi) is 6.27. The Bertz CT molecular complexity index is 2080. The molecule has 2 nitrogen and oxygen atoms in total. The van der Waals surface area contributed by atoms with E-state index in [2.05, 4.69) is 156 Å². The van der Waals surface area contributed by atoms with E-state index in [0.29, 0.717) is 24.0 Å². The molecule has 2 heteroatoms. The van der Waals surface area contributed by atoms with Gasteiger partial charge in [-0.3, -0.25) is 0 Å². The predicted molar refractivity (Wildman–Crippen MR) is 188 cm³/mol. The average Bonchev–Trinajstić information content (AvgIpc) is 3.62. The van der Waals surface area contributed by atoms with Crippen LogP contribution in [0.3, 0.4) is 0 Å². The molecule has 0 N–H and O–H groups in total. The molecule has 4 aromatic carbocycles. The first kappa shape index (κ1) is 26.8. The number of rotatable bonds is 4. The maximum atomic E-state index is 2.81. The zero-order chi connectivity index (χ0) is 30.0. The second kappa shape index (κ2) is 10.5. The highest BCUT2D eigenvalue weighted by atomic mass is 15.2. The van der Waals surface area contributed by atoms with E-state index < -0.39 is 0 Å². The first-order chi connectivity index (χ1) is 22.2. The summed E-state index contributed by atoms with van der Waals surface area (Å²) in [4.78, 5) is 2.81. The number of allylic oxidation sites excluding steroid dienone is 3. The minimum Gasteiger partial charge on any atom is -0.360 e. The lowest BCUT2D eigenvalue weighted by Gasteiger charge is -2.42. The third kappa shape index (κ3) is 4.22. The molecule has 0 radical (unpaired) electrons. The topological polar surface area (TPSA) is 8.17 Å². The standard InChI is InChI=1S/C43H40N2/c1-43(32-15-6-3-7-16-32)28-12-17-34(29-43)45-38-21-11-9-19-36(38)42-40(45)27-26-39-41(42)35-18-8-10-20-37(35)44(39)33-24-22-31(23-25-33)30-13-4-2-5-14-30/h2-16,18-22,24,26,28,31,33-34,40H,17,23,25,27,29H2,1H3/t31?,33?,34?,40?,43-/m0/s1. The van der Waals surface area contributed by atoms with Gasteiger partial charge in [0.05, 0.1) is 12.1 Å². The summed E-state index contributed by atoms with van der Waals surface area (Å²) in [7, 11) is 0. The monoisotopic (exact) mass is 584 g/mol. The Morgan fingerprint density at radius 1 is 0.733 bits per heavy atom. The predicted octanol–water partition coefficient (Wildman–Crippen LogP) is 8.56. The largest absolute Gasteiger partial charge is 0.360 e. The number of hydrogen-bond acceptors (Lipinski definition) is 1. The van der Waals surface area contributed by atoms with Crippen LogP contribution in [0.2, 0.25) is 0 Å². The molecule has 45 heavy (non-hydrogen) atoms. The summed E-state index contributed by atoms with van der Waals surface area (Å²) in [6, 6.07) is 41.7. The number of fused-ring (bicyclic) bond motifs is 6. The summed E-state index contributed by atoms with van der Waals surface area (Å²) in [5.41, 5.74) is 8.63. The van der Waals surface area contributed by atoms with Crippen molar-refractivity contribution in [2.75, 3.05) is 4.90 Å². The van der Waals surface area contributed by atoms with Gasteiger partial charge in [-0.1, -0.05) is 134 Å². The molecule has 4 aliphatic rings. The molecular weight excluding hydrogens is 544 g/mol. The van der Waals surface area contributed by atoms with Crippen LogP contribution in [0.4, 0.5) is 5.69 Å². The van der Waals surface area contributed by atoms with Crippen LogP contribution in [0.5, 0.6) is 0 Å². The van der Waals surface area contributed by atoms with E-state index >= 15 is 0 Å². The molecule has 0 bridgehead atoms. The van der Waals surface area contributed by atoms with Crippen LogP contribution >= 0.6 is 0 Å². The Balaban J connectivity index is 1.17. The Hall–Kier alpha value is -4.56. The van der Waals surface area contributed by atoms with E-state index in [1.54, 1.807) is 0 Å². The van der Waals surface area contributed by atoms with Gasteiger partial charge < -0.3 is 9.47 Å². The van der Waals surface area contributed by atoms with Gasteiger partial charge in [0.1, 0.15) is 0 Å². The van der Waals surface area contributed by atoms with Gasteiger partial charge in [0, 0.05) is 50.1 Å². The van der Waals surface area contributed by atoms with Crippen molar-refractivity contribution in [1.82, 2.24) is 4.57 Å². The fourth-order valence-corrected chi connectivity index (χ4v) is 9.11. The smallest absolute Gasteiger partial charge is 0.0594 e. The third-order valence-electron chi connectivity index (χ3n) is 11.2. The maximum Gasteiger partial charge on any atom is 0.0594 e. The molecule has 9 rings (SSSR count). The van der Waals surface area contributed by atoms with Crippen LogP contribution < -0.4 is 15.5 Å². The fourth-order valence-electron chi connectivity index (χ4n) is 9.11. The summed E-state index contributed by atoms with van der Waals surface area (Å²) in [6.07, 6.45) is 18.0. The Morgan fingerprint density at radius 2 is 1.49 bits per heavy atom. The van der Waals surface area contributed by atoms with Crippen LogP contribution in [0.1, 0.15) is 67.7 Å². The lowest BCUT2D eigenvalue weighted by atomic mass is 9.73. The van der Waals surface area contributed by atoms with E-state index in [1.165, 1.54) is 55.8 Å². The van der Waals surface area contributed by atoms with Crippen LogP contribution in [0, 0.1) is 0 Å². The van der Waals surface area contributed by atoms with Gasteiger partial charge in [0.15, 0.2) is 0 Å². The van der Waals surface area contributed by atoms with Crippen molar-refractivity contribution in [3.63, 3.8) is 0 Å². The number of nitrogens with zero attached hydrogens (tertiary/aromatic N) is 2. The Labute approximate surface area is 266 Å². The van der Waals surface area contributed by atoms with Crippen molar-refractivity contribution in [3.05, 3.63) is 161 Å². The summed E-state index contributed by atoms with van der Waals surface area (Å²) in [6.45, 7) is 2.43. The van der Waals surface area contributed by atoms with Crippen molar-refractivity contribution >= 4 is 28.2 Å². The average molecular weight is 585 g/mol. The minimum atomic E-state index is 0.0341. The molecule has 0 saturated heterocycles. The number of para-hydroxylation sites is 2. The molecule has 222 valence electrons. The van der Waals surface area contributed by atoms with Crippen LogP contribution in [-0.4, -0.2) is 16.7 Å². The van der Waals surface area contributed by atoms with Gasteiger partial charge in [-0.15, -0.1) is 0 Å². The van der Waals surface area contributed by atoms with Gasteiger partial charge in [0.2, 0.25) is 0 Å². The lowest BCUT2D eigenvalue weighted by molar-refractivity contribution is 0.414. The van der Waals surface area contributed by atoms with Crippen LogP contribution in [0.25, 0.3) is 22.6 Å². The van der Waals surface area contributed by atoms with Crippen molar-refractivity contribution in [2.45, 2.75) is 68.5 Å². The SMILES string of the molecule is C[C@]1(c2ccccc2)C=CCC(N2c3ccccc3C3=c4c(n(C5C=CC(c6ccccc6)CC5)c5ccccc45)=CCC32)C1. The Morgan fingerprint density at radius 3 is 2.31 bits per heavy atom. The van der Waals surface area contributed by atoms with Gasteiger partial charge >= 0.3 is 0 Å². The van der Waals surface area contributed by atoms with Gasteiger partial charge in [-0.2, -0.15) is 0 Å². The second-order valence-electron chi connectivity index (χ2n) is 13.8. The van der Waals surface area contributed by atoms with Gasteiger partial charge in [-0.05, 0) is 60.9 Å². The molecule has 2 heterocycles. The van der Waals surface area contributed by atoms with E-state index in [0.717, 1.165) is 25.7 Å². The molecule has 4 unspecified atom stereocenters. The van der Waals surface area contributed by atoms with Crippen molar-refractivity contribution in [1.29, 1.82) is 0 Å². The number of anilines is 1. The molecule has 0 amide bonds. The third-order valence-corrected chi connectivity index (χ3v) is 11.2. The summed E-state index contributed by atoms with van der Waals surface area (Å²) in [5.74, 6) is 0.504. The van der Waals surface area contributed by atoms with Crippen molar-refractivity contribution < 1.29 is 0 Å². The minimum absolute atomic E-state index is 0.0341. The molecule has 3 aliphatic carbocycles. The highest BCUT2D eigenvalue weighted by Crippen LogP contribution is 2.47. The van der Waals surface area contributed by atoms with Crippen molar-refractivity contribution in [3.8, 4) is 0 Å². The van der Waals surface area contributed by atoms with Crippen LogP contribution in [-0.2, 0) is 5.41 Å². The zero-order valence-corrected chi connectivity index (χ0v) is 26.0. The molecule has 0 fully saturated rings. The number of aromatic nitrogens is 1. The first-order valence-electron chi connectivity index (χ1n) is 16.9. The number of benzene rings is 4. The van der Waals surface area contributed by atoms with Gasteiger partial charge in [-0.25, -0.2) is 0 Å². The quantitative estimate of drug-likeness (QED) is 0.192. The van der Waals surface area contributed by atoms with E-state index in [9.17, 15) is 0 Å².